The van der Waals surface area contributed by atoms with E-state index in [9.17, 15) is 0 Å². The number of hydrogen-bond donors (Lipinski definition) is 1. The first-order chi connectivity index (χ1) is 9.13. The van der Waals surface area contributed by atoms with Crippen LogP contribution in [-0.2, 0) is 6.42 Å². The van der Waals surface area contributed by atoms with Gasteiger partial charge < -0.3 is 10.2 Å². The molecule has 0 amide bonds. The number of hydrogen-bond acceptors (Lipinski definition) is 5. The maximum absolute atomic E-state index is 8.80. The van der Waals surface area contributed by atoms with Crippen LogP contribution in [0, 0.1) is 17.2 Å². The van der Waals surface area contributed by atoms with E-state index in [0.29, 0.717) is 18.9 Å². The van der Waals surface area contributed by atoms with Gasteiger partial charge in [-0.2, -0.15) is 5.26 Å². The molecule has 0 bridgehead atoms. The van der Waals surface area contributed by atoms with Gasteiger partial charge in [0, 0.05) is 25.7 Å². The van der Waals surface area contributed by atoms with Crippen LogP contribution < -0.4 is 10.2 Å². The third kappa shape index (κ3) is 4.09. The van der Waals surface area contributed by atoms with Gasteiger partial charge in [-0.3, -0.25) is 0 Å². The molecule has 19 heavy (non-hydrogen) atoms. The molecule has 1 rings (SSSR count). The predicted octanol–water partition coefficient (Wildman–Crippen LogP) is 2.46. The molecule has 0 spiro atoms. The molecule has 1 aromatic rings. The van der Waals surface area contributed by atoms with Crippen molar-refractivity contribution in [3.8, 4) is 6.07 Å². The van der Waals surface area contributed by atoms with E-state index in [1.54, 1.807) is 6.33 Å². The Bertz CT molecular complexity index is 436. The number of anilines is 2. The second-order valence-electron chi connectivity index (χ2n) is 4.88. The second-order valence-corrected chi connectivity index (χ2v) is 4.88. The number of nitriles is 1. The van der Waals surface area contributed by atoms with Gasteiger partial charge in [0.25, 0.3) is 0 Å². The Kier molecular flexibility index (Phi) is 6.07. The number of rotatable bonds is 7. The predicted molar refractivity (Wildman–Crippen MR) is 78.2 cm³/mol. The number of nitrogens with one attached hydrogen (secondary N) is 1. The quantitative estimate of drug-likeness (QED) is 0.816. The summed E-state index contributed by atoms with van der Waals surface area (Å²) in [7, 11) is 1.87. The Morgan fingerprint density at radius 3 is 2.68 bits per heavy atom. The van der Waals surface area contributed by atoms with E-state index in [4.69, 9.17) is 5.26 Å². The molecule has 0 aliphatic heterocycles. The summed E-state index contributed by atoms with van der Waals surface area (Å²) in [5.74, 6) is 2.35. The Labute approximate surface area is 115 Å². The molecule has 1 aromatic heterocycles. The highest BCUT2D eigenvalue weighted by Gasteiger charge is 2.16. The summed E-state index contributed by atoms with van der Waals surface area (Å²) in [5, 5.41) is 11.9. The van der Waals surface area contributed by atoms with Crippen molar-refractivity contribution in [1.82, 2.24) is 9.97 Å². The molecule has 0 unspecified atom stereocenters. The van der Waals surface area contributed by atoms with Gasteiger partial charge >= 0.3 is 0 Å². The van der Waals surface area contributed by atoms with E-state index in [1.807, 2.05) is 7.05 Å². The van der Waals surface area contributed by atoms with Gasteiger partial charge in [-0.1, -0.05) is 20.8 Å². The normalized spacial score (nSPS) is 10.3. The molecule has 0 aliphatic rings. The highest BCUT2D eigenvalue weighted by atomic mass is 15.2. The average molecular weight is 261 g/mol. The fraction of sp³-hybridized carbons (Fsp3) is 0.643. The summed E-state index contributed by atoms with van der Waals surface area (Å²) in [6.07, 6.45) is 2.96. The van der Waals surface area contributed by atoms with Crippen molar-refractivity contribution in [3.63, 3.8) is 0 Å². The van der Waals surface area contributed by atoms with E-state index in [0.717, 1.165) is 30.2 Å². The maximum Gasteiger partial charge on any atom is 0.137 e. The lowest BCUT2D eigenvalue weighted by molar-refractivity contribution is 0.605. The highest BCUT2D eigenvalue weighted by molar-refractivity contribution is 5.58. The molecule has 0 atom stereocenters. The van der Waals surface area contributed by atoms with Gasteiger partial charge in [-0.05, 0) is 12.3 Å². The maximum atomic E-state index is 8.80. The molecular weight excluding hydrogens is 238 g/mol. The molecule has 5 nitrogen and oxygen atoms in total. The van der Waals surface area contributed by atoms with Crippen LogP contribution in [0.2, 0.25) is 0 Å². The molecule has 0 fully saturated rings. The van der Waals surface area contributed by atoms with Gasteiger partial charge in [0.2, 0.25) is 0 Å². The third-order valence-corrected chi connectivity index (χ3v) is 2.89. The van der Waals surface area contributed by atoms with E-state index < -0.39 is 0 Å². The molecule has 104 valence electrons. The lowest BCUT2D eigenvalue weighted by Crippen LogP contribution is -2.30. The van der Waals surface area contributed by atoms with Crippen molar-refractivity contribution in [1.29, 1.82) is 5.26 Å². The van der Waals surface area contributed by atoms with E-state index >= 15 is 0 Å². The summed E-state index contributed by atoms with van der Waals surface area (Å²) >= 11 is 0. The summed E-state index contributed by atoms with van der Waals surface area (Å²) in [4.78, 5) is 10.9. The van der Waals surface area contributed by atoms with Gasteiger partial charge in [0.15, 0.2) is 0 Å². The molecule has 5 heteroatoms. The number of nitrogens with zero attached hydrogens (tertiary/aromatic N) is 4. The first-order valence-electron chi connectivity index (χ1n) is 6.77. The van der Waals surface area contributed by atoms with E-state index in [2.05, 4.69) is 47.0 Å². The molecule has 1 heterocycles. The van der Waals surface area contributed by atoms with Crippen LogP contribution in [0.15, 0.2) is 6.33 Å². The van der Waals surface area contributed by atoms with Crippen LogP contribution >= 0.6 is 0 Å². The Hall–Kier alpha value is -1.83. The van der Waals surface area contributed by atoms with Crippen LogP contribution in [0.1, 0.15) is 32.8 Å². The fourth-order valence-electron chi connectivity index (χ4n) is 2.13. The Morgan fingerprint density at radius 1 is 1.42 bits per heavy atom. The minimum absolute atomic E-state index is 0.509. The van der Waals surface area contributed by atoms with Gasteiger partial charge in [0.1, 0.15) is 18.0 Å². The zero-order valence-corrected chi connectivity index (χ0v) is 12.3. The minimum atomic E-state index is 0.509. The van der Waals surface area contributed by atoms with Crippen LogP contribution in [0.25, 0.3) is 0 Å². The topological polar surface area (TPSA) is 64.8 Å². The first-order valence-corrected chi connectivity index (χ1v) is 6.77. The molecule has 1 N–H and O–H groups in total. The van der Waals surface area contributed by atoms with Crippen molar-refractivity contribution < 1.29 is 0 Å². The van der Waals surface area contributed by atoms with E-state index in [-0.39, 0.29) is 0 Å². The molecule has 0 aliphatic carbocycles. The molecule has 0 aromatic carbocycles. The molecule has 0 saturated carbocycles. The van der Waals surface area contributed by atoms with E-state index in [1.165, 1.54) is 0 Å². The minimum Gasteiger partial charge on any atom is -0.373 e. The summed E-state index contributed by atoms with van der Waals surface area (Å²) in [6.45, 7) is 8.05. The average Bonchev–Trinajstić information content (AvgIpc) is 2.41. The molecular formula is C14H23N5. The zero-order chi connectivity index (χ0) is 14.3. The summed E-state index contributed by atoms with van der Waals surface area (Å²) in [5.41, 5.74) is 1.11. The van der Waals surface area contributed by atoms with Crippen molar-refractivity contribution in [3.05, 3.63) is 11.9 Å². The summed E-state index contributed by atoms with van der Waals surface area (Å²) in [6, 6.07) is 2.21. The van der Waals surface area contributed by atoms with Crippen LogP contribution in [0.3, 0.4) is 0 Å². The standard InChI is InChI=1S/C14H23N5/c1-5-12-13(16-4)17-10-18-14(12)19(8-6-7-15)9-11(2)3/h10-11H,5-6,8-9H2,1-4H3,(H,16,17,18). The largest absolute Gasteiger partial charge is 0.373 e. The van der Waals surface area contributed by atoms with Gasteiger partial charge in [-0.25, -0.2) is 9.97 Å². The van der Waals surface area contributed by atoms with Crippen LogP contribution in [-0.4, -0.2) is 30.1 Å². The van der Waals surface area contributed by atoms with Crippen molar-refractivity contribution in [2.75, 3.05) is 30.4 Å². The van der Waals surface area contributed by atoms with Crippen LogP contribution in [0.5, 0.6) is 0 Å². The van der Waals surface area contributed by atoms with Crippen molar-refractivity contribution >= 4 is 11.6 Å². The SMILES string of the molecule is CCc1c(NC)ncnc1N(CCC#N)CC(C)C. The summed E-state index contributed by atoms with van der Waals surface area (Å²) < 4.78 is 0. The monoisotopic (exact) mass is 261 g/mol. The van der Waals surface area contributed by atoms with Crippen LogP contribution in [0.4, 0.5) is 11.6 Å². The third-order valence-electron chi connectivity index (χ3n) is 2.89. The van der Waals surface area contributed by atoms with Crippen molar-refractivity contribution in [2.45, 2.75) is 33.6 Å². The lowest BCUT2D eigenvalue weighted by Gasteiger charge is -2.27. The lowest BCUT2D eigenvalue weighted by atomic mass is 10.1. The Morgan fingerprint density at radius 2 is 2.16 bits per heavy atom. The number of aromatic nitrogens is 2. The molecule has 0 saturated heterocycles. The zero-order valence-electron chi connectivity index (χ0n) is 12.3. The Balaban J connectivity index is 3.09. The smallest absolute Gasteiger partial charge is 0.137 e. The highest BCUT2D eigenvalue weighted by Crippen LogP contribution is 2.24. The first kappa shape index (κ1) is 15.2. The molecule has 0 radical (unpaired) electrons. The fourth-order valence-corrected chi connectivity index (χ4v) is 2.13. The van der Waals surface area contributed by atoms with Gasteiger partial charge in [0.05, 0.1) is 12.5 Å². The second kappa shape index (κ2) is 7.57. The van der Waals surface area contributed by atoms with Gasteiger partial charge in [-0.15, -0.1) is 0 Å². The van der Waals surface area contributed by atoms with Crippen molar-refractivity contribution in [2.24, 2.45) is 5.92 Å².